The van der Waals surface area contributed by atoms with Gasteiger partial charge >= 0.3 is 6.18 Å². The van der Waals surface area contributed by atoms with Gasteiger partial charge in [0.2, 0.25) is 5.43 Å². The molecule has 0 bridgehead atoms. The van der Waals surface area contributed by atoms with Crippen LogP contribution in [0.15, 0.2) is 54.5 Å². The molecule has 5 nitrogen and oxygen atoms in total. The van der Waals surface area contributed by atoms with Crippen LogP contribution in [0.3, 0.4) is 0 Å². The van der Waals surface area contributed by atoms with E-state index in [1.807, 2.05) is 0 Å². The standard InChI is InChI=1S/C19H13ClF5N3O2.C2H4/c1-2-14(19(23,24)25)26-18(30)11-8-28(13-5-3-9(21)7-12(13)22)17-10(16(11)29)4-6-15(20)27-17;1-2/h3-8,14H,2H2,1H3,(H,26,30);1-2H2. The van der Waals surface area contributed by atoms with Gasteiger partial charge in [-0.25, -0.2) is 13.8 Å². The van der Waals surface area contributed by atoms with Gasteiger partial charge in [0.1, 0.15) is 34.0 Å². The molecule has 0 aliphatic carbocycles. The number of halogens is 6. The van der Waals surface area contributed by atoms with Crippen molar-refractivity contribution in [1.29, 1.82) is 0 Å². The number of carbonyl (C=O) groups excluding carboxylic acids is 1. The van der Waals surface area contributed by atoms with Gasteiger partial charge in [-0.1, -0.05) is 18.5 Å². The van der Waals surface area contributed by atoms with Gasteiger partial charge in [-0.15, -0.1) is 13.2 Å². The Morgan fingerprint density at radius 3 is 2.44 bits per heavy atom. The monoisotopic (exact) mass is 473 g/mol. The van der Waals surface area contributed by atoms with E-state index in [1.165, 1.54) is 19.1 Å². The van der Waals surface area contributed by atoms with Crippen molar-refractivity contribution in [1.82, 2.24) is 14.9 Å². The Labute approximate surface area is 184 Å². The molecule has 3 rings (SSSR count). The number of hydrogen-bond acceptors (Lipinski definition) is 3. The minimum absolute atomic E-state index is 0.0570. The minimum atomic E-state index is -4.72. The van der Waals surface area contributed by atoms with Crippen molar-refractivity contribution in [3.8, 4) is 5.69 Å². The summed E-state index contributed by atoms with van der Waals surface area (Å²) in [5.41, 5.74) is -2.02. The predicted molar refractivity (Wildman–Crippen MR) is 111 cm³/mol. The molecule has 0 radical (unpaired) electrons. The van der Waals surface area contributed by atoms with Crippen LogP contribution in [0.1, 0.15) is 23.7 Å². The molecule has 32 heavy (non-hydrogen) atoms. The quantitative estimate of drug-likeness (QED) is 0.322. The lowest BCUT2D eigenvalue weighted by atomic mass is 10.1. The number of pyridine rings is 2. The van der Waals surface area contributed by atoms with Crippen molar-refractivity contribution in [2.45, 2.75) is 25.6 Å². The number of hydrogen-bond donors (Lipinski definition) is 1. The first kappa shape index (κ1) is 25.0. The number of benzene rings is 1. The molecule has 1 unspecified atom stereocenters. The van der Waals surface area contributed by atoms with Gasteiger partial charge in [0.15, 0.2) is 0 Å². The van der Waals surface area contributed by atoms with Gasteiger partial charge in [0.05, 0.1) is 11.1 Å². The van der Waals surface area contributed by atoms with Gasteiger partial charge in [0.25, 0.3) is 5.91 Å². The number of rotatable bonds is 4. The highest BCUT2D eigenvalue weighted by molar-refractivity contribution is 6.29. The van der Waals surface area contributed by atoms with E-state index in [9.17, 15) is 31.5 Å². The van der Waals surface area contributed by atoms with Gasteiger partial charge < -0.3 is 5.32 Å². The fourth-order valence-corrected chi connectivity index (χ4v) is 3.00. The summed E-state index contributed by atoms with van der Waals surface area (Å²) in [5.74, 6) is -3.21. The number of aromatic nitrogens is 2. The molecule has 1 amide bonds. The van der Waals surface area contributed by atoms with Crippen LogP contribution in [0, 0.1) is 11.6 Å². The van der Waals surface area contributed by atoms with E-state index in [0.717, 1.165) is 22.9 Å². The number of nitrogens with zero attached hydrogens (tertiary/aromatic N) is 2. The number of carbonyl (C=O) groups is 1. The van der Waals surface area contributed by atoms with E-state index in [4.69, 9.17) is 11.6 Å². The Morgan fingerprint density at radius 1 is 1.22 bits per heavy atom. The van der Waals surface area contributed by atoms with Crippen LogP contribution < -0.4 is 10.7 Å². The van der Waals surface area contributed by atoms with Crippen molar-refractivity contribution >= 4 is 28.5 Å². The molecule has 0 saturated carbocycles. The number of alkyl halides is 3. The minimum Gasteiger partial charge on any atom is -0.340 e. The molecular formula is C21H17ClF5N3O2. The van der Waals surface area contributed by atoms with Crippen LogP contribution in [0.5, 0.6) is 0 Å². The third-order valence-electron chi connectivity index (χ3n) is 4.34. The Hall–Kier alpha value is -3.27. The molecule has 0 fully saturated rings. The Bertz CT molecular complexity index is 1210. The maximum Gasteiger partial charge on any atom is 0.408 e. The molecule has 0 aliphatic heterocycles. The topological polar surface area (TPSA) is 64.0 Å². The van der Waals surface area contributed by atoms with Crippen LogP contribution in [-0.2, 0) is 0 Å². The van der Waals surface area contributed by atoms with E-state index in [-0.39, 0.29) is 21.9 Å². The first-order valence-corrected chi connectivity index (χ1v) is 9.45. The molecule has 1 atom stereocenters. The van der Waals surface area contributed by atoms with Gasteiger partial charge in [-0.3, -0.25) is 14.2 Å². The zero-order chi connectivity index (χ0) is 24.2. The van der Waals surface area contributed by atoms with Crippen LogP contribution in [0.2, 0.25) is 5.15 Å². The second-order valence-corrected chi connectivity index (χ2v) is 6.71. The molecule has 0 spiro atoms. The van der Waals surface area contributed by atoms with Gasteiger partial charge in [0, 0.05) is 12.3 Å². The third kappa shape index (κ3) is 5.13. The average Bonchev–Trinajstić information content (AvgIpc) is 2.73. The summed E-state index contributed by atoms with van der Waals surface area (Å²) in [5, 5.41) is 1.52. The zero-order valence-corrected chi connectivity index (χ0v) is 17.4. The second-order valence-electron chi connectivity index (χ2n) is 6.32. The average molecular weight is 474 g/mol. The lowest BCUT2D eigenvalue weighted by Crippen LogP contribution is -2.46. The maximum atomic E-state index is 14.4. The largest absolute Gasteiger partial charge is 0.408 e. The predicted octanol–water partition coefficient (Wildman–Crippen LogP) is 5.19. The molecule has 11 heteroatoms. The Morgan fingerprint density at radius 2 is 1.88 bits per heavy atom. The van der Waals surface area contributed by atoms with Crippen molar-refractivity contribution in [2.24, 2.45) is 0 Å². The highest BCUT2D eigenvalue weighted by Crippen LogP contribution is 2.24. The lowest BCUT2D eigenvalue weighted by molar-refractivity contribution is -0.153. The van der Waals surface area contributed by atoms with Crippen molar-refractivity contribution in [2.75, 3.05) is 0 Å². The SMILES string of the molecule is C=C.CCC(NC(=O)c1cn(-c2ccc(F)cc2F)c2nc(Cl)ccc2c1=O)C(F)(F)F. The maximum absolute atomic E-state index is 14.4. The smallest absolute Gasteiger partial charge is 0.340 e. The summed E-state index contributed by atoms with van der Waals surface area (Å²) in [6.45, 7) is 7.22. The van der Waals surface area contributed by atoms with Gasteiger partial charge in [-0.2, -0.15) is 13.2 Å². The summed E-state index contributed by atoms with van der Waals surface area (Å²) in [6.07, 6.45) is -4.33. The van der Waals surface area contributed by atoms with E-state index in [2.05, 4.69) is 18.1 Å². The van der Waals surface area contributed by atoms with Crippen molar-refractivity contribution < 1.29 is 26.7 Å². The lowest BCUT2D eigenvalue weighted by Gasteiger charge is -2.20. The fraction of sp³-hybridized carbons (Fsp3) is 0.190. The normalized spacial score (nSPS) is 12.1. The summed E-state index contributed by atoms with van der Waals surface area (Å²) in [7, 11) is 0. The number of fused-ring (bicyclic) bond motifs is 1. The summed E-state index contributed by atoms with van der Waals surface area (Å²) >= 11 is 5.85. The summed E-state index contributed by atoms with van der Waals surface area (Å²) < 4.78 is 67.7. The molecule has 3 aromatic rings. The van der Waals surface area contributed by atoms with Crippen molar-refractivity contribution in [3.63, 3.8) is 0 Å². The van der Waals surface area contributed by atoms with E-state index >= 15 is 0 Å². The highest BCUT2D eigenvalue weighted by atomic mass is 35.5. The Balaban J connectivity index is 0.00000176. The first-order chi connectivity index (χ1) is 15.0. The summed E-state index contributed by atoms with van der Waals surface area (Å²) in [6, 6.07) is 2.80. The zero-order valence-electron chi connectivity index (χ0n) is 16.6. The van der Waals surface area contributed by atoms with Crippen LogP contribution in [-0.4, -0.2) is 27.7 Å². The molecule has 1 N–H and O–H groups in total. The van der Waals surface area contributed by atoms with Crippen LogP contribution >= 0.6 is 11.6 Å². The number of nitrogens with one attached hydrogen (secondary N) is 1. The van der Waals surface area contributed by atoms with Crippen LogP contribution in [0.25, 0.3) is 16.7 Å². The fourth-order valence-electron chi connectivity index (χ4n) is 2.85. The van der Waals surface area contributed by atoms with Crippen LogP contribution in [0.4, 0.5) is 22.0 Å². The summed E-state index contributed by atoms with van der Waals surface area (Å²) in [4.78, 5) is 29.2. The molecule has 2 heterocycles. The molecule has 0 aliphatic rings. The highest BCUT2D eigenvalue weighted by Gasteiger charge is 2.39. The molecule has 170 valence electrons. The van der Waals surface area contributed by atoms with E-state index in [0.29, 0.717) is 6.07 Å². The third-order valence-corrected chi connectivity index (χ3v) is 4.55. The number of amides is 1. The van der Waals surface area contributed by atoms with E-state index < -0.39 is 47.2 Å². The molecule has 2 aromatic heterocycles. The van der Waals surface area contributed by atoms with Crippen molar-refractivity contribution in [3.05, 3.63) is 82.3 Å². The second kappa shape index (κ2) is 9.90. The van der Waals surface area contributed by atoms with Gasteiger partial charge in [-0.05, 0) is 30.7 Å². The molecular weight excluding hydrogens is 457 g/mol. The first-order valence-electron chi connectivity index (χ1n) is 9.07. The Kier molecular flexibility index (Phi) is 7.73. The molecule has 1 aromatic carbocycles. The molecule has 0 saturated heterocycles. The van der Waals surface area contributed by atoms with E-state index in [1.54, 1.807) is 5.32 Å².